The Bertz CT molecular complexity index is 643. The van der Waals surface area contributed by atoms with Gasteiger partial charge in [0.25, 0.3) is 0 Å². The van der Waals surface area contributed by atoms with Crippen molar-refractivity contribution in [3.05, 3.63) is 55.1 Å². The van der Waals surface area contributed by atoms with Crippen molar-refractivity contribution in [3.63, 3.8) is 0 Å². The smallest absolute Gasteiger partial charge is 0.322 e. The molecule has 0 aliphatic heterocycles. The van der Waals surface area contributed by atoms with Gasteiger partial charge in [-0.2, -0.15) is 5.10 Å². The van der Waals surface area contributed by atoms with E-state index < -0.39 is 11.8 Å². The molecule has 22 heavy (non-hydrogen) atoms. The second-order valence-corrected chi connectivity index (χ2v) is 4.50. The second kappa shape index (κ2) is 7.37. The number of amides is 2. The quantitative estimate of drug-likeness (QED) is 0.802. The molecule has 0 unspecified atom stereocenters. The highest BCUT2D eigenvalue weighted by Gasteiger charge is 2.15. The molecule has 2 N–H and O–H groups in total. The molecule has 6 nitrogen and oxygen atoms in total. The number of aliphatic hydroxyl groups is 1. The Morgan fingerprint density at radius 2 is 2.36 bits per heavy atom. The lowest BCUT2D eigenvalue weighted by Gasteiger charge is -2.21. The first kappa shape index (κ1) is 15.7. The number of hydrogen-bond acceptors (Lipinski definition) is 3. The van der Waals surface area contributed by atoms with Gasteiger partial charge in [0.1, 0.15) is 5.82 Å². The molecule has 0 fully saturated rings. The van der Waals surface area contributed by atoms with Crippen molar-refractivity contribution < 1.29 is 14.3 Å². The lowest BCUT2D eigenvalue weighted by Crippen LogP contribution is -2.37. The van der Waals surface area contributed by atoms with Crippen LogP contribution in [0.2, 0.25) is 0 Å². The third-order valence-electron chi connectivity index (χ3n) is 2.96. The van der Waals surface area contributed by atoms with E-state index in [2.05, 4.69) is 17.0 Å². The Hall–Kier alpha value is -2.67. The number of urea groups is 1. The predicted octanol–water partition coefficient (Wildman–Crippen LogP) is 2.02. The molecule has 0 radical (unpaired) electrons. The van der Waals surface area contributed by atoms with E-state index in [1.54, 1.807) is 24.5 Å². The molecule has 0 spiro atoms. The Balaban J connectivity index is 2.26. The van der Waals surface area contributed by atoms with Crippen LogP contribution < -0.4 is 5.32 Å². The van der Waals surface area contributed by atoms with Crippen LogP contribution in [-0.4, -0.2) is 45.5 Å². The lowest BCUT2D eigenvalue weighted by atomic mass is 10.2. The normalized spacial score (nSPS) is 10.3. The molecule has 1 aromatic carbocycles. The van der Waals surface area contributed by atoms with E-state index in [1.165, 1.54) is 27.8 Å². The molecule has 1 aromatic heterocycles. The van der Waals surface area contributed by atoms with Gasteiger partial charge in [-0.05, 0) is 24.3 Å². The van der Waals surface area contributed by atoms with Crippen molar-refractivity contribution in [1.29, 1.82) is 0 Å². The topological polar surface area (TPSA) is 70.4 Å². The Morgan fingerprint density at radius 1 is 1.55 bits per heavy atom. The van der Waals surface area contributed by atoms with E-state index >= 15 is 0 Å². The summed E-state index contributed by atoms with van der Waals surface area (Å²) in [4.78, 5) is 13.6. The van der Waals surface area contributed by atoms with Crippen LogP contribution in [-0.2, 0) is 0 Å². The number of halogens is 1. The van der Waals surface area contributed by atoms with E-state index in [0.29, 0.717) is 11.4 Å². The minimum atomic E-state index is -0.469. The number of nitrogens with one attached hydrogen (secondary N) is 1. The van der Waals surface area contributed by atoms with E-state index in [4.69, 9.17) is 5.11 Å². The first-order chi connectivity index (χ1) is 10.7. The van der Waals surface area contributed by atoms with Crippen molar-refractivity contribution in [2.45, 2.75) is 0 Å². The second-order valence-electron chi connectivity index (χ2n) is 4.50. The molecular weight excluding hydrogens is 287 g/mol. The molecule has 0 aliphatic rings. The van der Waals surface area contributed by atoms with Crippen LogP contribution in [0.25, 0.3) is 5.69 Å². The fraction of sp³-hybridized carbons (Fsp3) is 0.200. The zero-order valence-corrected chi connectivity index (χ0v) is 11.9. The summed E-state index contributed by atoms with van der Waals surface area (Å²) in [6, 6.07) is 5.32. The van der Waals surface area contributed by atoms with Crippen molar-refractivity contribution in [3.8, 4) is 5.69 Å². The molecule has 0 atom stereocenters. The summed E-state index contributed by atoms with van der Waals surface area (Å²) in [7, 11) is 0. The molecule has 2 rings (SSSR count). The Kier molecular flexibility index (Phi) is 5.26. The highest BCUT2D eigenvalue weighted by molar-refractivity contribution is 5.91. The van der Waals surface area contributed by atoms with Crippen molar-refractivity contribution >= 4 is 11.7 Å². The van der Waals surface area contributed by atoms with Gasteiger partial charge < -0.3 is 15.3 Å². The fourth-order valence-corrected chi connectivity index (χ4v) is 1.97. The minimum Gasteiger partial charge on any atom is -0.395 e. The van der Waals surface area contributed by atoms with Crippen LogP contribution in [0, 0.1) is 5.82 Å². The van der Waals surface area contributed by atoms with Crippen LogP contribution >= 0.6 is 0 Å². The molecule has 0 saturated carbocycles. The number of aromatic nitrogens is 2. The average Bonchev–Trinajstić information content (AvgIpc) is 3.01. The van der Waals surface area contributed by atoms with Gasteiger partial charge >= 0.3 is 6.03 Å². The van der Waals surface area contributed by atoms with E-state index in [-0.39, 0.29) is 19.7 Å². The largest absolute Gasteiger partial charge is 0.395 e. The number of hydrogen-bond donors (Lipinski definition) is 2. The Labute approximate surface area is 127 Å². The average molecular weight is 304 g/mol. The molecule has 0 saturated heterocycles. The van der Waals surface area contributed by atoms with E-state index in [9.17, 15) is 9.18 Å². The van der Waals surface area contributed by atoms with Crippen LogP contribution in [0.4, 0.5) is 14.9 Å². The first-order valence-corrected chi connectivity index (χ1v) is 6.73. The maximum atomic E-state index is 13.5. The molecule has 2 aromatic rings. The molecule has 2 amide bonds. The SMILES string of the molecule is C=CCN(CCO)C(=O)Nc1cc(F)ccc1-n1cccn1. The summed E-state index contributed by atoms with van der Waals surface area (Å²) < 4.78 is 15.0. The molecule has 1 heterocycles. The number of anilines is 1. The summed E-state index contributed by atoms with van der Waals surface area (Å²) in [6.07, 6.45) is 4.83. The molecular formula is C15H17FN4O2. The summed E-state index contributed by atoms with van der Waals surface area (Å²) in [6.45, 7) is 3.83. The molecule has 7 heteroatoms. The zero-order valence-electron chi connectivity index (χ0n) is 11.9. The van der Waals surface area contributed by atoms with Gasteiger partial charge in [0.2, 0.25) is 0 Å². The summed E-state index contributed by atoms with van der Waals surface area (Å²) in [5.74, 6) is -0.469. The Morgan fingerprint density at radius 3 is 3.00 bits per heavy atom. The summed E-state index contributed by atoms with van der Waals surface area (Å²) in [5, 5.41) is 15.7. The van der Waals surface area contributed by atoms with Crippen LogP contribution in [0.1, 0.15) is 0 Å². The van der Waals surface area contributed by atoms with Crippen molar-refractivity contribution in [2.24, 2.45) is 0 Å². The van der Waals surface area contributed by atoms with Gasteiger partial charge in [0, 0.05) is 25.5 Å². The van der Waals surface area contributed by atoms with Gasteiger partial charge in [0.05, 0.1) is 18.0 Å². The van der Waals surface area contributed by atoms with Crippen LogP contribution in [0.5, 0.6) is 0 Å². The number of aliphatic hydroxyl groups excluding tert-OH is 1. The van der Waals surface area contributed by atoms with Gasteiger partial charge in [-0.25, -0.2) is 13.9 Å². The lowest BCUT2D eigenvalue weighted by molar-refractivity contribution is 0.195. The third kappa shape index (κ3) is 3.70. The maximum absolute atomic E-state index is 13.5. The number of carbonyl (C=O) groups excluding carboxylic acids is 1. The fourth-order valence-electron chi connectivity index (χ4n) is 1.97. The molecule has 0 bridgehead atoms. The highest BCUT2D eigenvalue weighted by atomic mass is 19.1. The van der Waals surface area contributed by atoms with Crippen molar-refractivity contribution in [1.82, 2.24) is 14.7 Å². The molecule has 116 valence electrons. The van der Waals surface area contributed by atoms with Gasteiger partial charge in [-0.1, -0.05) is 6.08 Å². The van der Waals surface area contributed by atoms with Crippen molar-refractivity contribution in [2.75, 3.05) is 25.0 Å². The van der Waals surface area contributed by atoms with E-state index in [1.807, 2.05) is 0 Å². The number of carbonyl (C=O) groups is 1. The predicted molar refractivity (Wildman–Crippen MR) is 81.4 cm³/mol. The first-order valence-electron chi connectivity index (χ1n) is 6.73. The monoisotopic (exact) mass is 304 g/mol. The highest BCUT2D eigenvalue weighted by Crippen LogP contribution is 2.21. The number of nitrogens with zero attached hydrogens (tertiary/aromatic N) is 3. The number of rotatable bonds is 6. The minimum absolute atomic E-state index is 0.157. The standard InChI is InChI=1S/C15H17FN4O2/c1-2-7-19(9-10-21)15(22)18-13-11-12(16)4-5-14(13)20-8-3-6-17-20/h2-6,8,11,21H,1,7,9-10H2,(H,18,22). The third-order valence-corrected chi connectivity index (χ3v) is 2.96. The van der Waals surface area contributed by atoms with Crippen LogP contribution in [0.3, 0.4) is 0 Å². The van der Waals surface area contributed by atoms with Gasteiger partial charge in [0.15, 0.2) is 0 Å². The van der Waals surface area contributed by atoms with E-state index in [0.717, 1.165) is 0 Å². The molecule has 0 aliphatic carbocycles. The van der Waals surface area contributed by atoms with Crippen LogP contribution in [0.15, 0.2) is 49.3 Å². The van der Waals surface area contributed by atoms with Gasteiger partial charge in [-0.3, -0.25) is 0 Å². The number of benzene rings is 1. The summed E-state index contributed by atoms with van der Waals surface area (Å²) >= 11 is 0. The maximum Gasteiger partial charge on any atom is 0.322 e. The van der Waals surface area contributed by atoms with Gasteiger partial charge in [-0.15, -0.1) is 6.58 Å². The summed E-state index contributed by atoms with van der Waals surface area (Å²) in [5.41, 5.74) is 0.836. The zero-order chi connectivity index (χ0) is 15.9.